The minimum absolute atomic E-state index is 0.153. The van der Waals surface area contributed by atoms with Gasteiger partial charge in [-0.05, 0) is 38.2 Å². The molecule has 0 atom stereocenters. The van der Waals surface area contributed by atoms with Gasteiger partial charge in [-0.2, -0.15) is 0 Å². The van der Waals surface area contributed by atoms with Crippen molar-refractivity contribution in [3.8, 4) is 0 Å². The lowest BCUT2D eigenvalue weighted by atomic mass is 10.1. The summed E-state index contributed by atoms with van der Waals surface area (Å²) >= 11 is 0. The highest BCUT2D eigenvalue weighted by Gasteiger charge is 2.26. The van der Waals surface area contributed by atoms with Gasteiger partial charge in [-0.25, -0.2) is 0 Å². The Hall–Kier alpha value is -1.72. The highest BCUT2D eigenvalue weighted by molar-refractivity contribution is 5.69. The van der Waals surface area contributed by atoms with E-state index in [9.17, 15) is 4.79 Å². The Morgan fingerprint density at radius 2 is 1.59 bits per heavy atom. The molecular formula is C27H43NO4. The molecule has 1 aromatic heterocycles. The predicted molar refractivity (Wildman–Crippen MR) is 128 cm³/mol. The van der Waals surface area contributed by atoms with E-state index in [0.717, 1.165) is 18.4 Å². The number of esters is 1. The largest absolute Gasteiger partial charge is 0.457 e. The molecule has 0 unspecified atom stereocenters. The number of hydrogen-bond acceptors (Lipinski definition) is 5. The minimum Gasteiger partial charge on any atom is -0.457 e. The Labute approximate surface area is 194 Å². The number of carbonyl (C=O) groups is 1. The standard InChI is InChI=1S/C27H43NO4/c1-2-3-4-5-6-7-8-9-10-11-12-13-14-15-16-19-26(29)32-25-22-30-27(31-23-25)24-18-17-20-28-21-24/h9-10,17-18,20-21,25,27H,2-8,11-16,19,22-23H2,1H3. The van der Waals surface area contributed by atoms with E-state index >= 15 is 0 Å². The van der Waals surface area contributed by atoms with E-state index in [-0.39, 0.29) is 12.1 Å². The maximum atomic E-state index is 12.0. The van der Waals surface area contributed by atoms with Crippen LogP contribution in [0, 0.1) is 0 Å². The Kier molecular flexibility index (Phi) is 14.8. The Bertz CT molecular complexity index is 611. The molecule has 2 heterocycles. The Balaban J connectivity index is 1.37. The summed E-state index contributed by atoms with van der Waals surface area (Å²) in [5.41, 5.74) is 0.880. The van der Waals surface area contributed by atoms with Crippen LogP contribution in [0.25, 0.3) is 0 Å². The number of nitrogens with zero attached hydrogens (tertiary/aromatic N) is 1. The molecule has 0 aliphatic carbocycles. The van der Waals surface area contributed by atoms with Crippen LogP contribution >= 0.6 is 0 Å². The summed E-state index contributed by atoms with van der Waals surface area (Å²) in [6.45, 7) is 2.98. The molecule has 5 heteroatoms. The molecule has 0 amide bonds. The first-order valence-electron chi connectivity index (χ1n) is 12.8. The van der Waals surface area contributed by atoms with Gasteiger partial charge >= 0.3 is 5.97 Å². The fourth-order valence-corrected chi connectivity index (χ4v) is 3.85. The van der Waals surface area contributed by atoms with Crippen LogP contribution in [-0.2, 0) is 19.0 Å². The Morgan fingerprint density at radius 1 is 0.969 bits per heavy atom. The normalized spacial score (nSPS) is 18.8. The van der Waals surface area contributed by atoms with E-state index in [1.807, 2.05) is 12.1 Å². The SMILES string of the molecule is CCCCCCCCC=CCCCCCCCC(=O)OC1COC(c2cccnc2)OC1. The smallest absolute Gasteiger partial charge is 0.306 e. The molecule has 0 bridgehead atoms. The monoisotopic (exact) mass is 445 g/mol. The van der Waals surface area contributed by atoms with Crippen molar-refractivity contribution in [1.82, 2.24) is 4.98 Å². The van der Waals surface area contributed by atoms with Crippen molar-refractivity contribution in [2.75, 3.05) is 13.2 Å². The lowest BCUT2D eigenvalue weighted by Crippen LogP contribution is -2.35. The highest BCUT2D eigenvalue weighted by Crippen LogP contribution is 2.23. The van der Waals surface area contributed by atoms with Crippen molar-refractivity contribution >= 4 is 5.97 Å². The second kappa shape index (κ2) is 17.8. The number of pyridine rings is 1. The topological polar surface area (TPSA) is 57.7 Å². The van der Waals surface area contributed by atoms with Crippen LogP contribution in [0.2, 0.25) is 0 Å². The van der Waals surface area contributed by atoms with Gasteiger partial charge in [-0.3, -0.25) is 9.78 Å². The quantitative estimate of drug-likeness (QED) is 0.146. The molecular weight excluding hydrogens is 402 g/mol. The average molecular weight is 446 g/mol. The van der Waals surface area contributed by atoms with E-state index < -0.39 is 6.29 Å². The summed E-state index contributed by atoms with van der Waals surface area (Å²) in [5.74, 6) is -0.153. The molecule has 1 aromatic rings. The molecule has 2 rings (SSSR count). The summed E-state index contributed by atoms with van der Waals surface area (Å²) in [7, 11) is 0. The van der Waals surface area contributed by atoms with Gasteiger partial charge in [0.15, 0.2) is 6.29 Å². The number of hydrogen-bond donors (Lipinski definition) is 0. The first-order valence-corrected chi connectivity index (χ1v) is 12.8. The second-order valence-corrected chi connectivity index (χ2v) is 8.73. The summed E-state index contributed by atoms with van der Waals surface area (Å²) < 4.78 is 16.8. The third-order valence-electron chi connectivity index (χ3n) is 5.76. The zero-order valence-electron chi connectivity index (χ0n) is 20.0. The fraction of sp³-hybridized carbons (Fsp3) is 0.704. The molecule has 1 saturated heterocycles. The lowest BCUT2D eigenvalue weighted by Gasteiger charge is -2.29. The van der Waals surface area contributed by atoms with Crippen molar-refractivity contribution in [3.05, 3.63) is 42.2 Å². The summed E-state index contributed by atoms with van der Waals surface area (Å²) in [4.78, 5) is 16.1. The van der Waals surface area contributed by atoms with Gasteiger partial charge < -0.3 is 14.2 Å². The summed E-state index contributed by atoms with van der Waals surface area (Å²) in [6, 6.07) is 3.76. The molecule has 0 spiro atoms. The number of unbranched alkanes of at least 4 members (excludes halogenated alkanes) is 11. The van der Waals surface area contributed by atoms with E-state index in [0.29, 0.717) is 19.6 Å². The zero-order valence-corrected chi connectivity index (χ0v) is 20.0. The van der Waals surface area contributed by atoms with Crippen LogP contribution in [0.15, 0.2) is 36.7 Å². The van der Waals surface area contributed by atoms with Crippen molar-refractivity contribution in [2.24, 2.45) is 0 Å². The number of ether oxygens (including phenoxy) is 3. The molecule has 0 saturated carbocycles. The molecule has 1 aliphatic rings. The lowest BCUT2D eigenvalue weighted by molar-refractivity contribution is -0.229. The van der Waals surface area contributed by atoms with Crippen LogP contribution in [0.1, 0.15) is 109 Å². The van der Waals surface area contributed by atoms with Gasteiger partial charge in [0.2, 0.25) is 0 Å². The first-order chi connectivity index (χ1) is 15.8. The molecule has 0 N–H and O–H groups in total. The van der Waals surface area contributed by atoms with Gasteiger partial charge in [0, 0.05) is 24.4 Å². The van der Waals surface area contributed by atoms with Gasteiger partial charge in [0.05, 0.1) is 13.2 Å². The van der Waals surface area contributed by atoms with E-state index in [4.69, 9.17) is 14.2 Å². The van der Waals surface area contributed by atoms with Crippen molar-refractivity contribution in [3.63, 3.8) is 0 Å². The number of rotatable bonds is 17. The third kappa shape index (κ3) is 12.4. The fourth-order valence-electron chi connectivity index (χ4n) is 3.85. The summed E-state index contributed by atoms with van der Waals surface area (Å²) in [5, 5.41) is 0. The number of carbonyl (C=O) groups excluding carboxylic acids is 1. The molecule has 1 aliphatic heterocycles. The van der Waals surface area contributed by atoms with Gasteiger partial charge in [0.1, 0.15) is 6.10 Å². The second-order valence-electron chi connectivity index (χ2n) is 8.73. The molecule has 180 valence electrons. The van der Waals surface area contributed by atoms with Gasteiger partial charge in [-0.1, -0.05) is 76.5 Å². The van der Waals surface area contributed by atoms with E-state index in [1.165, 1.54) is 70.6 Å². The van der Waals surface area contributed by atoms with Crippen LogP contribution in [0.5, 0.6) is 0 Å². The van der Waals surface area contributed by atoms with Crippen LogP contribution in [-0.4, -0.2) is 30.3 Å². The molecule has 32 heavy (non-hydrogen) atoms. The first kappa shape index (κ1) is 26.5. The van der Waals surface area contributed by atoms with Gasteiger partial charge in [-0.15, -0.1) is 0 Å². The maximum Gasteiger partial charge on any atom is 0.306 e. The maximum absolute atomic E-state index is 12.0. The van der Waals surface area contributed by atoms with Crippen LogP contribution < -0.4 is 0 Å². The van der Waals surface area contributed by atoms with E-state index in [2.05, 4.69) is 24.1 Å². The number of aromatic nitrogens is 1. The Morgan fingerprint density at radius 3 is 2.22 bits per heavy atom. The van der Waals surface area contributed by atoms with Crippen LogP contribution in [0.4, 0.5) is 0 Å². The minimum atomic E-state index is -0.427. The van der Waals surface area contributed by atoms with Crippen molar-refractivity contribution in [1.29, 1.82) is 0 Å². The molecule has 0 radical (unpaired) electrons. The zero-order chi connectivity index (χ0) is 22.7. The average Bonchev–Trinajstić information content (AvgIpc) is 2.82. The van der Waals surface area contributed by atoms with Gasteiger partial charge in [0.25, 0.3) is 0 Å². The highest BCUT2D eigenvalue weighted by atomic mass is 16.7. The third-order valence-corrected chi connectivity index (χ3v) is 5.76. The van der Waals surface area contributed by atoms with Crippen LogP contribution in [0.3, 0.4) is 0 Å². The molecule has 0 aromatic carbocycles. The van der Waals surface area contributed by atoms with Crippen molar-refractivity contribution in [2.45, 2.75) is 109 Å². The summed E-state index contributed by atoms with van der Waals surface area (Å²) in [6.07, 6.45) is 24.1. The molecule has 5 nitrogen and oxygen atoms in total. The van der Waals surface area contributed by atoms with E-state index in [1.54, 1.807) is 12.4 Å². The molecule has 1 fully saturated rings. The van der Waals surface area contributed by atoms with Crippen molar-refractivity contribution < 1.29 is 19.0 Å². The number of allylic oxidation sites excluding steroid dienone is 2. The predicted octanol–water partition coefficient (Wildman–Crippen LogP) is 7.08.